The van der Waals surface area contributed by atoms with E-state index in [2.05, 4.69) is 10.00 Å². The number of hydrogen-bond donors (Lipinski definition) is 0. The van der Waals surface area contributed by atoms with Gasteiger partial charge in [0.05, 0.1) is 11.9 Å². The van der Waals surface area contributed by atoms with Crippen molar-refractivity contribution in [3.63, 3.8) is 0 Å². The highest BCUT2D eigenvalue weighted by atomic mass is 19.4. The predicted octanol–water partition coefficient (Wildman–Crippen LogP) is 2.81. The van der Waals surface area contributed by atoms with Crippen LogP contribution >= 0.6 is 0 Å². The molecule has 2 saturated heterocycles. The van der Waals surface area contributed by atoms with Crippen molar-refractivity contribution in [1.82, 2.24) is 19.6 Å². The highest BCUT2D eigenvalue weighted by Crippen LogP contribution is 2.30. The molecular weight excluding hydrogens is 345 g/mol. The highest BCUT2D eigenvalue weighted by Gasteiger charge is 2.36. The van der Waals surface area contributed by atoms with E-state index in [9.17, 15) is 18.0 Å². The lowest BCUT2D eigenvalue weighted by Gasteiger charge is -2.37. The lowest BCUT2D eigenvalue weighted by molar-refractivity contribution is -0.142. The van der Waals surface area contributed by atoms with E-state index in [0.29, 0.717) is 24.7 Å². The lowest BCUT2D eigenvalue weighted by atomic mass is 10.1. The fourth-order valence-corrected chi connectivity index (χ4v) is 3.85. The van der Waals surface area contributed by atoms with Crippen LogP contribution in [-0.2, 0) is 6.18 Å². The molecule has 0 radical (unpaired) electrons. The number of carbonyl (C=O) groups is 1. The second kappa shape index (κ2) is 6.42. The van der Waals surface area contributed by atoms with Gasteiger partial charge in [-0.25, -0.2) is 4.68 Å². The van der Waals surface area contributed by atoms with Gasteiger partial charge in [-0.05, 0) is 43.7 Å². The van der Waals surface area contributed by atoms with Crippen LogP contribution in [0.25, 0.3) is 5.69 Å². The fraction of sp³-hybridized carbons (Fsp3) is 0.444. The molecule has 3 heterocycles. The Kier molecular flexibility index (Phi) is 4.22. The van der Waals surface area contributed by atoms with Gasteiger partial charge in [0, 0.05) is 31.2 Å². The predicted molar refractivity (Wildman–Crippen MR) is 89.1 cm³/mol. The molecule has 1 unspecified atom stereocenters. The summed E-state index contributed by atoms with van der Waals surface area (Å²) < 4.78 is 40.1. The Morgan fingerprint density at radius 2 is 2.00 bits per heavy atom. The lowest BCUT2D eigenvalue weighted by Crippen LogP contribution is -2.52. The number of amides is 1. The van der Waals surface area contributed by atoms with Gasteiger partial charge in [-0.2, -0.15) is 18.3 Å². The number of carbonyl (C=O) groups excluding carboxylic acids is 1. The van der Waals surface area contributed by atoms with Crippen LogP contribution in [-0.4, -0.2) is 57.7 Å². The highest BCUT2D eigenvalue weighted by molar-refractivity contribution is 5.94. The van der Waals surface area contributed by atoms with Gasteiger partial charge in [0.1, 0.15) is 5.69 Å². The smallest absolute Gasteiger partial charge is 0.336 e. The number of alkyl halides is 3. The average molecular weight is 364 g/mol. The maximum atomic E-state index is 13.1. The molecule has 26 heavy (non-hydrogen) atoms. The second-order valence-electron chi connectivity index (χ2n) is 6.76. The van der Waals surface area contributed by atoms with Crippen molar-refractivity contribution in [2.75, 3.05) is 26.2 Å². The van der Waals surface area contributed by atoms with Crippen molar-refractivity contribution in [2.24, 2.45) is 0 Å². The van der Waals surface area contributed by atoms with E-state index in [0.717, 1.165) is 42.9 Å². The molecule has 8 heteroatoms. The average Bonchev–Trinajstić information content (AvgIpc) is 3.29. The molecule has 0 bridgehead atoms. The van der Waals surface area contributed by atoms with Crippen LogP contribution in [0.3, 0.4) is 0 Å². The summed E-state index contributed by atoms with van der Waals surface area (Å²) in [6.45, 7) is 3.27. The summed E-state index contributed by atoms with van der Waals surface area (Å²) in [5, 5.41) is 3.77. The SMILES string of the molecule is O=C(c1cccc(-n2nccc2C(F)(F)F)c1)N1CCN2CCCC2C1. The van der Waals surface area contributed by atoms with E-state index in [1.54, 1.807) is 17.0 Å². The Morgan fingerprint density at radius 3 is 2.81 bits per heavy atom. The summed E-state index contributed by atoms with van der Waals surface area (Å²) in [6.07, 6.45) is -1.15. The summed E-state index contributed by atoms with van der Waals surface area (Å²) in [5.74, 6) is -0.140. The number of fused-ring (bicyclic) bond motifs is 1. The standard InChI is InChI=1S/C18H19F3N4O/c19-18(20,21)16-6-7-22-25(16)14-4-1-3-13(11-14)17(26)24-10-9-23-8-2-5-15(23)12-24/h1,3-4,6-7,11,15H,2,5,8-10,12H2. The number of nitrogens with zero attached hydrogens (tertiary/aromatic N) is 4. The Bertz CT molecular complexity index is 817. The number of benzene rings is 1. The molecule has 5 nitrogen and oxygen atoms in total. The Labute approximate surface area is 149 Å². The van der Waals surface area contributed by atoms with Gasteiger partial charge >= 0.3 is 6.18 Å². The van der Waals surface area contributed by atoms with Crippen LogP contribution in [0, 0.1) is 0 Å². The van der Waals surface area contributed by atoms with Gasteiger partial charge in [-0.1, -0.05) is 6.07 Å². The van der Waals surface area contributed by atoms with Gasteiger partial charge in [-0.15, -0.1) is 0 Å². The van der Waals surface area contributed by atoms with Gasteiger partial charge in [-0.3, -0.25) is 9.69 Å². The first-order valence-corrected chi connectivity index (χ1v) is 8.68. The maximum Gasteiger partial charge on any atom is 0.433 e. The molecule has 2 aliphatic heterocycles. The minimum Gasteiger partial charge on any atom is -0.336 e. The van der Waals surface area contributed by atoms with Crippen LogP contribution in [0.5, 0.6) is 0 Å². The molecular formula is C18H19F3N4O. The maximum absolute atomic E-state index is 13.1. The first-order chi connectivity index (χ1) is 12.4. The first kappa shape index (κ1) is 17.1. The molecule has 138 valence electrons. The van der Waals surface area contributed by atoms with Crippen LogP contribution in [0.2, 0.25) is 0 Å². The van der Waals surface area contributed by atoms with Crippen molar-refractivity contribution in [3.05, 3.63) is 47.8 Å². The largest absolute Gasteiger partial charge is 0.433 e. The molecule has 1 atom stereocenters. The van der Waals surface area contributed by atoms with E-state index >= 15 is 0 Å². The van der Waals surface area contributed by atoms with Gasteiger partial charge in [0.2, 0.25) is 0 Å². The zero-order valence-electron chi connectivity index (χ0n) is 14.1. The molecule has 0 N–H and O–H groups in total. The van der Waals surface area contributed by atoms with Crippen LogP contribution < -0.4 is 0 Å². The van der Waals surface area contributed by atoms with Crippen LogP contribution in [0.15, 0.2) is 36.5 Å². The molecule has 0 saturated carbocycles. The van der Waals surface area contributed by atoms with Crippen molar-refractivity contribution in [1.29, 1.82) is 0 Å². The summed E-state index contributed by atoms with van der Waals surface area (Å²) in [7, 11) is 0. The zero-order chi connectivity index (χ0) is 18.3. The molecule has 2 aliphatic rings. The molecule has 4 rings (SSSR count). The van der Waals surface area contributed by atoms with Gasteiger partial charge < -0.3 is 4.90 Å². The van der Waals surface area contributed by atoms with Gasteiger partial charge in [0.25, 0.3) is 5.91 Å². The monoisotopic (exact) mass is 364 g/mol. The number of rotatable bonds is 2. The Balaban J connectivity index is 1.58. The van der Waals surface area contributed by atoms with E-state index in [-0.39, 0.29) is 11.6 Å². The number of hydrogen-bond acceptors (Lipinski definition) is 3. The molecule has 1 aromatic heterocycles. The summed E-state index contributed by atoms with van der Waals surface area (Å²) in [5.41, 5.74) is -0.244. The molecule has 0 spiro atoms. The fourth-order valence-electron chi connectivity index (χ4n) is 3.85. The van der Waals surface area contributed by atoms with Crippen molar-refractivity contribution < 1.29 is 18.0 Å². The van der Waals surface area contributed by atoms with Crippen LogP contribution in [0.1, 0.15) is 28.9 Å². The molecule has 1 aromatic carbocycles. The normalized spacial score (nSPS) is 21.0. The number of aromatic nitrogens is 2. The summed E-state index contributed by atoms with van der Waals surface area (Å²) >= 11 is 0. The second-order valence-corrected chi connectivity index (χ2v) is 6.76. The number of halogens is 3. The summed E-state index contributed by atoms with van der Waals surface area (Å²) in [4.78, 5) is 17.1. The number of piperazine rings is 1. The van der Waals surface area contributed by atoms with Crippen molar-refractivity contribution in [3.8, 4) is 5.69 Å². The van der Waals surface area contributed by atoms with E-state index in [4.69, 9.17) is 0 Å². The molecule has 0 aliphatic carbocycles. The minimum atomic E-state index is -4.50. The van der Waals surface area contributed by atoms with E-state index < -0.39 is 11.9 Å². The van der Waals surface area contributed by atoms with Gasteiger partial charge in [0.15, 0.2) is 0 Å². The van der Waals surface area contributed by atoms with E-state index in [1.165, 1.54) is 12.1 Å². The summed E-state index contributed by atoms with van der Waals surface area (Å²) in [6, 6.07) is 7.56. The third kappa shape index (κ3) is 3.09. The third-order valence-electron chi connectivity index (χ3n) is 5.15. The topological polar surface area (TPSA) is 41.4 Å². The quantitative estimate of drug-likeness (QED) is 0.823. The Morgan fingerprint density at radius 1 is 1.15 bits per heavy atom. The Hall–Kier alpha value is -2.35. The van der Waals surface area contributed by atoms with E-state index in [1.807, 2.05) is 0 Å². The molecule has 2 fully saturated rings. The molecule has 1 amide bonds. The van der Waals surface area contributed by atoms with Crippen LogP contribution in [0.4, 0.5) is 13.2 Å². The first-order valence-electron chi connectivity index (χ1n) is 8.68. The van der Waals surface area contributed by atoms with Crippen molar-refractivity contribution >= 4 is 5.91 Å². The minimum absolute atomic E-state index is 0.140. The van der Waals surface area contributed by atoms with Crippen molar-refractivity contribution in [2.45, 2.75) is 25.1 Å². The third-order valence-corrected chi connectivity index (χ3v) is 5.15. The molecule has 2 aromatic rings. The zero-order valence-corrected chi connectivity index (χ0v) is 14.1.